The molecule has 1 aromatic heterocycles. The van der Waals surface area contributed by atoms with E-state index in [1.807, 2.05) is 0 Å². The number of allylic oxidation sites excluding steroid dienone is 1. The number of hydrogen-bond donors (Lipinski definition) is 1. The molecule has 0 aliphatic rings. The molecule has 0 radical (unpaired) electrons. The van der Waals surface area contributed by atoms with Gasteiger partial charge in [0.05, 0.1) is 11.3 Å². The molecule has 5 heteroatoms. The number of nitrogens with zero attached hydrogens (tertiary/aromatic N) is 2. The van der Waals surface area contributed by atoms with E-state index in [2.05, 4.69) is 27.0 Å². The van der Waals surface area contributed by atoms with Gasteiger partial charge < -0.3 is 5.73 Å². The van der Waals surface area contributed by atoms with Crippen LogP contribution in [0.25, 0.3) is 11.3 Å². The summed E-state index contributed by atoms with van der Waals surface area (Å²) in [5.41, 5.74) is 8.19. The van der Waals surface area contributed by atoms with Gasteiger partial charge in [0.25, 0.3) is 0 Å². The maximum atomic E-state index is 9.31. The van der Waals surface area contributed by atoms with Crippen LogP contribution in [-0.2, 0) is 0 Å². The normalized spacial score (nSPS) is 11.6. The monoisotopic (exact) mass is 333 g/mol. The Bertz CT molecular complexity index is 675. The van der Waals surface area contributed by atoms with E-state index < -0.39 is 0 Å². The number of pyridine rings is 1. The maximum absolute atomic E-state index is 9.31. The van der Waals surface area contributed by atoms with Gasteiger partial charge in [-0.3, -0.25) is 4.98 Å². The minimum Gasteiger partial charge on any atom is -0.397 e. The highest BCUT2D eigenvalue weighted by Gasteiger charge is 2.11. The van der Waals surface area contributed by atoms with Crippen molar-refractivity contribution in [2.45, 2.75) is 0 Å². The molecule has 0 atom stereocenters. The largest absolute Gasteiger partial charge is 0.397 e. The van der Waals surface area contributed by atoms with Crippen LogP contribution < -0.4 is 5.73 Å². The Hall–Kier alpha value is -1.83. The van der Waals surface area contributed by atoms with Crippen LogP contribution in [0.5, 0.6) is 0 Å². The molecule has 3 nitrogen and oxygen atoms in total. The number of aromatic nitrogens is 1. The highest BCUT2D eigenvalue weighted by molar-refractivity contribution is 9.10. The summed E-state index contributed by atoms with van der Waals surface area (Å²) in [5, 5.41) is 9.87. The summed E-state index contributed by atoms with van der Waals surface area (Å²) in [6.45, 7) is 0. The fourth-order valence-electron chi connectivity index (χ4n) is 1.63. The topological polar surface area (TPSA) is 62.7 Å². The number of hydrogen-bond acceptors (Lipinski definition) is 3. The summed E-state index contributed by atoms with van der Waals surface area (Å²) < 4.78 is 0.783. The maximum Gasteiger partial charge on any atom is 0.102 e. The SMILES string of the molecule is N#C/C(=C(/N)c1cc(Cl)ccc1Br)c1cccnc1. The van der Waals surface area contributed by atoms with Crippen LogP contribution in [0, 0.1) is 11.3 Å². The number of halogens is 2. The van der Waals surface area contributed by atoms with E-state index in [1.165, 1.54) is 0 Å². The molecule has 1 aromatic carbocycles. The third kappa shape index (κ3) is 2.95. The molecule has 0 saturated carbocycles. The zero-order chi connectivity index (χ0) is 13.8. The molecule has 2 rings (SSSR count). The van der Waals surface area contributed by atoms with E-state index in [0.717, 1.165) is 4.47 Å². The lowest BCUT2D eigenvalue weighted by molar-refractivity contribution is 1.31. The Morgan fingerprint density at radius 3 is 2.79 bits per heavy atom. The van der Waals surface area contributed by atoms with Gasteiger partial charge in [0.15, 0.2) is 0 Å². The van der Waals surface area contributed by atoms with Crippen molar-refractivity contribution in [1.29, 1.82) is 5.26 Å². The van der Waals surface area contributed by atoms with Gasteiger partial charge in [-0.05, 0) is 24.3 Å². The van der Waals surface area contributed by atoms with Gasteiger partial charge in [-0.15, -0.1) is 0 Å². The Balaban J connectivity index is 2.62. The first-order valence-corrected chi connectivity index (χ1v) is 6.56. The van der Waals surface area contributed by atoms with Gasteiger partial charge in [-0.25, -0.2) is 0 Å². The minimum atomic E-state index is 0.366. The van der Waals surface area contributed by atoms with E-state index in [9.17, 15) is 5.26 Å². The van der Waals surface area contributed by atoms with Gasteiger partial charge >= 0.3 is 0 Å². The Kier molecular flexibility index (Phi) is 4.20. The first-order valence-electron chi connectivity index (χ1n) is 5.39. The Morgan fingerprint density at radius 2 is 2.16 bits per heavy atom. The van der Waals surface area contributed by atoms with Crippen LogP contribution in [0.15, 0.2) is 47.2 Å². The third-order valence-electron chi connectivity index (χ3n) is 2.55. The van der Waals surface area contributed by atoms with Crippen LogP contribution in [0.3, 0.4) is 0 Å². The van der Waals surface area contributed by atoms with Crippen LogP contribution in [0.1, 0.15) is 11.1 Å². The first kappa shape index (κ1) is 13.6. The molecule has 0 saturated heterocycles. The average Bonchev–Trinajstić information content (AvgIpc) is 2.43. The molecule has 94 valence electrons. The molecule has 19 heavy (non-hydrogen) atoms. The number of benzene rings is 1. The van der Waals surface area contributed by atoms with Crippen molar-refractivity contribution in [3.05, 3.63) is 63.3 Å². The number of nitriles is 1. The molecule has 2 aromatic rings. The standard InChI is InChI=1S/C14H9BrClN3/c15-13-4-3-10(16)6-11(13)14(18)12(7-17)9-2-1-5-19-8-9/h1-6,8H,18H2/b14-12-. The second-order valence-corrected chi connectivity index (χ2v) is 5.06. The fourth-order valence-corrected chi connectivity index (χ4v) is 2.26. The highest BCUT2D eigenvalue weighted by Crippen LogP contribution is 2.29. The molecule has 0 spiro atoms. The van der Waals surface area contributed by atoms with Crippen LogP contribution in [0.4, 0.5) is 0 Å². The lowest BCUT2D eigenvalue weighted by atomic mass is 10.0. The predicted octanol–water partition coefficient (Wildman–Crippen LogP) is 3.85. The van der Waals surface area contributed by atoms with Crippen molar-refractivity contribution >= 4 is 38.8 Å². The molecule has 0 aliphatic heterocycles. The van der Waals surface area contributed by atoms with Crippen molar-refractivity contribution in [2.75, 3.05) is 0 Å². The second-order valence-electron chi connectivity index (χ2n) is 3.77. The summed E-state index contributed by atoms with van der Waals surface area (Å²) >= 11 is 9.36. The lowest BCUT2D eigenvalue weighted by Crippen LogP contribution is -2.02. The van der Waals surface area contributed by atoms with Crippen molar-refractivity contribution in [3.8, 4) is 6.07 Å². The van der Waals surface area contributed by atoms with Crippen molar-refractivity contribution < 1.29 is 0 Å². The summed E-state index contributed by atoms with van der Waals surface area (Å²) in [6.07, 6.45) is 3.24. The third-order valence-corrected chi connectivity index (χ3v) is 3.48. The van der Waals surface area contributed by atoms with Crippen molar-refractivity contribution in [3.63, 3.8) is 0 Å². The molecular weight excluding hydrogens is 326 g/mol. The van der Waals surface area contributed by atoms with Crippen molar-refractivity contribution in [1.82, 2.24) is 4.98 Å². The van der Waals surface area contributed by atoms with E-state index in [-0.39, 0.29) is 0 Å². The molecule has 0 amide bonds. The zero-order valence-corrected chi connectivity index (χ0v) is 12.1. The molecule has 1 heterocycles. The van der Waals surface area contributed by atoms with E-state index in [0.29, 0.717) is 27.4 Å². The molecular formula is C14H9BrClN3. The quantitative estimate of drug-likeness (QED) is 0.849. The van der Waals surface area contributed by atoms with E-state index in [4.69, 9.17) is 17.3 Å². The van der Waals surface area contributed by atoms with Crippen LogP contribution in [0.2, 0.25) is 5.02 Å². The summed E-state index contributed by atoms with van der Waals surface area (Å²) in [4.78, 5) is 3.99. The van der Waals surface area contributed by atoms with Gasteiger partial charge in [0, 0.05) is 33.0 Å². The average molecular weight is 335 g/mol. The molecule has 0 aliphatic carbocycles. The predicted molar refractivity (Wildman–Crippen MR) is 80.0 cm³/mol. The summed E-state index contributed by atoms with van der Waals surface area (Å²) in [7, 11) is 0. The Labute approximate surface area is 124 Å². The van der Waals surface area contributed by atoms with E-state index >= 15 is 0 Å². The van der Waals surface area contributed by atoms with E-state index in [1.54, 1.807) is 42.7 Å². The molecule has 2 N–H and O–H groups in total. The lowest BCUT2D eigenvalue weighted by Gasteiger charge is -2.08. The highest BCUT2D eigenvalue weighted by atomic mass is 79.9. The minimum absolute atomic E-state index is 0.366. The molecule has 0 unspecified atom stereocenters. The molecule has 0 fully saturated rings. The van der Waals surface area contributed by atoms with Crippen LogP contribution in [-0.4, -0.2) is 4.98 Å². The fraction of sp³-hybridized carbons (Fsp3) is 0. The number of rotatable bonds is 2. The number of nitrogens with two attached hydrogens (primary N) is 1. The van der Waals surface area contributed by atoms with Crippen LogP contribution >= 0.6 is 27.5 Å². The molecule has 0 bridgehead atoms. The smallest absolute Gasteiger partial charge is 0.102 e. The van der Waals surface area contributed by atoms with Gasteiger partial charge in [0.2, 0.25) is 0 Å². The van der Waals surface area contributed by atoms with Gasteiger partial charge in [0.1, 0.15) is 6.07 Å². The summed E-state index contributed by atoms with van der Waals surface area (Å²) in [6, 6.07) is 10.9. The van der Waals surface area contributed by atoms with Crippen molar-refractivity contribution in [2.24, 2.45) is 5.73 Å². The first-order chi connectivity index (χ1) is 9.13. The second kappa shape index (κ2) is 5.87. The van der Waals surface area contributed by atoms with Gasteiger partial charge in [-0.1, -0.05) is 33.6 Å². The van der Waals surface area contributed by atoms with Gasteiger partial charge in [-0.2, -0.15) is 5.26 Å². The Morgan fingerprint density at radius 1 is 1.37 bits per heavy atom. The zero-order valence-electron chi connectivity index (χ0n) is 9.77. The summed E-state index contributed by atoms with van der Waals surface area (Å²) in [5.74, 6) is 0.